The zero-order valence-electron chi connectivity index (χ0n) is 11.7. The second-order valence-corrected chi connectivity index (χ2v) is 6.45. The van der Waals surface area contributed by atoms with Gasteiger partial charge in [0.25, 0.3) is 0 Å². The minimum absolute atomic E-state index is 0.153. The third-order valence-corrected chi connectivity index (χ3v) is 4.24. The van der Waals surface area contributed by atoms with Gasteiger partial charge in [0.1, 0.15) is 0 Å². The van der Waals surface area contributed by atoms with Crippen molar-refractivity contribution in [3.05, 3.63) is 79.1 Å². The number of hydrogen-bond donors (Lipinski definition) is 1. The number of benzene rings is 2. The molecule has 0 aliphatic rings. The first-order chi connectivity index (χ1) is 10.8. The molecule has 0 radical (unpaired) electrons. The molecular formula is C17H11F3INO. The van der Waals surface area contributed by atoms with E-state index >= 15 is 0 Å². The van der Waals surface area contributed by atoms with E-state index in [1.165, 1.54) is 6.07 Å². The molecule has 0 unspecified atom stereocenters. The van der Waals surface area contributed by atoms with Crippen LogP contribution in [0.25, 0.3) is 10.9 Å². The van der Waals surface area contributed by atoms with Gasteiger partial charge in [-0.25, -0.2) is 0 Å². The maximum absolute atomic E-state index is 12.8. The van der Waals surface area contributed by atoms with Gasteiger partial charge in [-0.15, -0.1) is 0 Å². The first-order valence-electron chi connectivity index (χ1n) is 6.80. The van der Waals surface area contributed by atoms with Crippen LogP contribution in [0.5, 0.6) is 0 Å². The Bertz CT molecular complexity index is 931. The predicted octanol–water partition coefficient (Wildman–Crippen LogP) is 4.74. The second kappa shape index (κ2) is 5.99. The standard InChI is InChI=1S/C17H11F3INO/c18-17(19,20)12-3-1-2-10(7-12)6-11-9-22-15-5-4-13(21)8-14(15)16(11)23/h1-5,7-9H,6H2,(H,22,23). The summed E-state index contributed by atoms with van der Waals surface area (Å²) in [7, 11) is 0. The summed E-state index contributed by atoms with van der Waals surface area (Å²) >= 11 is 2.12. The van der Waals surface area contributed by atoms with Crippen LogP contribution in [0, 0.1) is 3.57 Å². The predicted molar refractivity (Wildman–Crippen MR) is 91.5 cm³/mol. The lowest BCUT2D eigenvalue weighted by molar-refractivity contribution is -0.137. The fourth-order valence-corrected chi connectivity index (χ4v) is 2.93. The summed E-state index contributed by atoms with van der Waals surface area (Å²) in [5, 5.41) is 0.543. The highest BCUT2D eigenvalue weighted by Gasteiger charge is 2.30. The first kappa shape index (κ1) is 16.0. The highest BCUT2D eigenvalue weighted by molar-refractivity contribution is 14.1. The number of fused-ring (bicyclic) bond motifs is 1. The number of aromatic nitrogens is 1. The van der Waals surface area contributed by atoms with E-state index in [1.54, 1.807) is 18.3 Å². The van der Waals surface area contributed by atoms with Crippen LogP contribution >= 0.6 is 22.6 Å². The molecule has 2 nitrogen and oxygen atoms in total. The van der Waals surface area contributed by atoms with E-state index in [1.807, 2.05) is 12.1 Å². The van der Waals surface area contributed by atoms with E-state index < -0.39 is 11.7 Å². The van der Waals surface area contributed by atoms with Crippen molar-refractivity contribution < 1.29 is 13.2 Å². The van der Waals surface area contributed by atoms with Gasteiger partial charge in [0.15, 0.2) is 5.43 Å². The van der Waals surface area contributed by atoms with Gasteiger partial charge < -0.3 is 4.98 Å². The number of aromatic amines is 1. The Labute approximate surface area is 143 Å². The molecule has 0 saturated carbocycles. The number of rotatable bonds is 2. The molecule has 1 aromatic heterocycles. The van der Waals surface area contributed by atoms with Gasteiger partial charge in [-0.2, -0.15) is 13.2 Å². The number of pyridine rings is 1. The van der Waals surface area contributed by atoms with Crippen LogP contribution in [0.3, 0.4) is 0 Å². The molecular weight excluding hydrogens is 418 g/mol. The van der Waals surface area contributed by atoms with Gasteiger partial charge in [-0.05, 0) is 52.4 Å². The number of halogens is 4. The molecule has 0 atom stereocenters. The fraction of sp³-hybridized carbons (Fsp3) is 0.118. The highest BCUT2D eigenvalue weighted by Crippen LogP contribution is 2.29. The van der Waals surface area contributed by atoms with E-state index in [-0.39, 0.29) is 11.8 Å². The van der Waals surface area contributed by atoms with E-state index in [2.05, 4.69) is 27.6 Å². The molecule has 0 amide bonds. The summed E-state index contributed by atoms with van der Waals surface area (Å²) in [5.41, 5.74) is 0.744. The average Bonchev–Trinajstić information content (AvgIpc) is 2.50. The molecule has 0 spiro atoms. The minimum atomic E-state index is -4.39. The fourth-order valence-electron chi connectivity index (χ4n) is 2.44. The molecule has 3 aromatic rings. The molecule has 0 fully saturated rings. The third-order valence-electron chi connectivity index (χ3n) is 3.57. The molecule has 3 rings (SSSR count). The van der Waals surface area contributed by atoms with Gasteiger partial charge in [0.05, 0.1) is 5.56 Å². The summed E-state index contributed by atoms with van der Waals surface area (Å²) in [4.78, 5) is 15.5. The smallest absolute Gasteiger partial charge is 0.361 e. The second-order valence-electron chi connectivity index (χ2n) is 5.21. The summed E-state index contributed by atoms with van der Waals surface area (Å²) in [6.07, 6.45) is -2.67. The lowest BCUT2D eigenvalue weighted by atomic mass is 10.0. The largest absolute Gasteiger partial charge is 0.416 e. The van der Waals surface area contributed by atoms with Gasteiger partial charge >= 0.3 is 6.18 Å². The maximum Gasteiger partial charge on any atom is 0.416 e. The molecule has 0 aliphatic carbocycles. The van der Waals surface area contributed by atoms with E-state index in [4.69, 9.17) is 0 Å². The summed E-state index contributed by atoms with van der Waals surface area (Å²) < 4.78 is 39.2. The van der Waals surface area contributed by atoms with Gasteiger partial charge in [-0.3, -0.25) is 4.79 Å². The van der Waals surface area contributed by atoms with Crippen molar-refractivity contribution in [1.82, 2.24) is 4.98 Å². The van der Waals surface area contributed by atoms with Gasteiger partial charge in [0.2, 0.25) is 0 Å². The van der Waals surface area contributed by atoms with Crippen LogP contribution < -0.4 is 5.43 Å². The molecule has 1 N–H and O–H groups in total. The first-order valence-corrected chi connectivity index (χ1v) is 7.88. The Morgan fingerprint density at radius 3 is 2.61 bits per heavy atom. The highest BCUT2D eigenvalue weighted by atomic mass is 127. The zero-order chi connectivity index (χ0) is 16.6. The van der Waals surface area contributed by atoms with E-state index in [0.29, 0.717) is 22.0 Å². The van der Waals surface area contributed by atoms with E-state index in [9.17, 15) is 18.0 Å². The van der Waals surface area contributed by atoms with Crippen LogP contribution in [-0.2, 0) is 12.6 Å². The summed E-state index contributed by atoms with van der Waals surface area (Å²) in [5.74, 6) is 0. The van der Waals surface area contributed by atoms with Gasteiger partial charge in [-0.1, -0.05) is 18.2 Å². The Morgan fingerprint density at radius 2 is 1.87 bits per heavy atom. The zero-order valence-corrected chi connectivity index (χ0v) is 13.9. The Hall–Kier alpha value is -1.83. The van der Waals surface area contributed by atoms with E-state index in [0.717, 1.165) is 15.7 Å². The van der Waals surface area contributed by atoms with Crippen LogP contribution in [0.15, 0.2) is 53.5 Å². The summed E-state index contributed by atoms with van der Waals surface area (Å²) in [6, 6.07) is 10.5. The van der Waals surface area contributed by atoms with Crippen molar-refractivity contribution in [3.63, 3.8) is 0 Å². The molecule has 1 heterocycles. The van der Waals surface area contributed by atoms with Crippen molar-refractivity contribution in [2.75, 3.05) is 0 Å². The van der Waals surface area contributed by atoms with Crippen molar-refractivity contribution in [1.29, 1.82) is 0 Å². The molecule has 2 aromatic carbocycles. The van der Waals surface area contributed by atoms with Crippen molar-refractivity contribution in [2.45, 2.75) is 12.6 Å². The number of nitrogens with one attached hydrogen (secondary N) is 1. The molecule has 0 saturated heterocycles. The average molecular weight is 429 g/mol. The molecule has 118 valence electrons. The summed E-state index contributed by atoms with van der Waals surface area (Å²) in [6.45, 7) is 0. The quantitative estimate of drug-likeness (QED) is 0.587. The van der Waals surface area contributed by atoms with Crippen molar-refractivity contribution in [3.8, 4) is 0 Å². The minimum Gasteiger partial charge on any atom is -0.361 e. The Morgan fingerprint density at radius 1 is 1.09 bits per heavy atom. The van der Waals surface area contributed by atoms with Crippen LogP contribution in [0.4, 0.5) is 13.2 Å². The Kier molecular flexibility index (Phi) is 4.18. The van der Waals surface area contributed by atoms with Gasteiger partial charge in [0, 0.05) is 32.7 Å². The Balaban J connectivity index is 2.02. The normalized spacial score (nSPS) is 11.8. The molecule has 0 bridgehead atoms. The number of alkyl halides is 3. The number of H-pyrrole nitrogens is 1. The van der Waals surface area contributed by atoms with Crippen molar-refractivity contribution >= 4 is 33.5 Å². The monoisotopic (exact) mass is 429 g/mol. The van der Waals surface area contributed by atoms with Crippen LogP contribution in [0.2, 0.25) is 0 Å². The number of hydrogen-bond acceptors (Lipinski definition) is 1. The topological polar surface area (TPSA) is 32.9 Å². The lowest BCUT2D eigenvalue weighted by Gasteiger charge is -2.09. The SMILES string of the molecule is O=c1c(Cc2cccc(C(F)(F)F)c2)c[nH]c2ccc(I)cc12. The molecule has 0 aliphatic heterocycles. The molecule has 23 heavy (non-hydrogen) atoms. The van der Waals surface area contributed by atoms with Crippen molar-refractivity contribution in [2.24, 2.45) is 0 Å². The lowest BCUT2D eigenvalue weighted by Crippen LogP contribution is -2.11. The van der Waals surface area contributed by atoms with Crippen LogP contribution in [0.1, 0.15) is 16.7 Å². The molecule has 6 heteroatoms. The maximum atomic E-state index is 12.8. The van der Waals surface area contributed by atoms with Crippen LogP contribution in [-0.4, -0.2) is 4.98 Å². The third kappa shape index (κ3) is 3.41.